The van der Waals surface area contributed by atoms with Crippen LogP contribution in [0.1, 0.15) is 56.1 Å². The van der Waals surface area contributed by atoms with E-state index in [1.807, 2.05) is 0 Å². The molecule has 0 aliphatic heterocycles. The molecule has 5 aliphatic rings. The van der Waals surface area contributed by atoms with Crippen molar-refractivity contribution in [2.24, 2.45) is 23.2 Å². The number of benzene rings is 2. The molecule has 0 radical (unpaired) electrons. The minimum atomic E-state index is -4.93. The summed E-state index contributed by atoms with van der Waals surface area (Å²) in [5.41, 5.74) is -1.44. The van der Waals surface area contributed by atoms with Crippen LogP contribution < -0.4 is 4.74 Å². The van der Waals surface area contributed by atoms with Crippen LogP contribution in [0, 0.1) is 23.2 Å². The van der Waals surface area contributed by atoms with Crippen LogP contribution >= 0.6 is 0 Å². The van der Waals surface area contributed by atoms with E-state index in [1.54, 1.807) is 35.3 Å². The van der Waals surface area contributed by atoms with Crippen molar-refractivity contribution in [3.63, 3.8) is 0 Å². The molecule has 39 heavy (non-hydrogen) atoms. The third kappa shape index (κ3) is 3.93. The molecule has 8 rings (SSSR count). The highest BCUT2D eigenvalue weighted by Crippen LogP contribution is 2.62. The summed E-state index contributed by atoms with van der Waals surface area (Å²) in [5, 5.41) is 25.0. The minimum absolute atomic E-state index is 0.108. The molecule has 4 fully saturated rings. The Hall–Kier alpha value is -2.84. The zero-order chi connectivity index (χ0) is 27.0. The minimum Gasteiger partial charge on any atom is -0.494 e. The highest BCUT2D eigenvalue weighted by atomic mass is 19.4. The number of hydrogen-bond donors (Lipinski definition) is 2. The molecule has 5 aliphatic carbocycles. The Morgan fingerprint density at radius 2 is 1.67 bits per heavy atom. The Morgan fingerprint density at radius 3 is 2.33 bits per heavy atom. The summed E-state index contributed by atoms with van der Waals surface area (Å²) in [7, 11) is 0. The Morgan fingerprint density at radius 1 is 0.974 bits per heavy atom. The van der Waals surface area contributed by atoms with Gasteiger partial charge in [0.2, 0.25) is 5.60 Å². The molecule has 4 saturated carbocycles. The fourth-order valence-electron chi connectivity index (χ4n) is 8.68. The highest BCUT2D eigenvalue weighted by Gasteiger charge is 2.61. The molecule has 0 spiro atoms. The number of fused-ring (bicyclic) bond motifs is 3. The molecule has 1 aromatic heterocycles. The Bertz CT molecular complexity index is 1380. The van der Waals surface area contributed by atoms with Gasteiger partial charge >= 0.3 is 6.18 Å². The van der Waals surface area contributed by atoms with Crippen molar-refractivity contribution in [2.75, 3.05) is 13.2 Å². The van der Waals surface area contributed by atoms with Crippen LogP contribution in [0.3, 0.4) is 0 Å². The van der Waals surface area contributed by atoms with Gasteiger partial charge in [0.15, 0.2) is 0 Å². The monoisotopic (exact) mass is 538 g/mol. The zero-order valence-corrected chi connectivity index (χ0v) is 21.8. The van der Waals surface area contributed by atoms with Crippen molar-refractivity contribution < 1.29 is 28.1 Å². The van der Waals surface area contributed by atoms with Gasteiger partial charge in [-0.25, -0.2) is 0 Å². The number of aromatic nitrogens is 2. The maximum Gasteiger partial charge on any atom is 0.425 e. The summed E-state index contributed by atoms with van der Waals surface area (Å²) < 4.78 is 51.6. The molecule has 2 aromatic carbocycles. The van der Waals surface area contributed by atoms with Gasteiger partial charge in [-0.3, -0.25) is 4.68 Å². The first-order valence-electron chi connectivity index (χ1n) is 14.0. The molecule has 4 bridgehead atoms. The summed E-state index contributed by atoms with van der Waals surface area (Å²) in [4.78, 5) is 0. The first kappa shape index (κ1) is 25.1. The maximum atomic E-state index is 14.6. The molecular formula is C31H33F3N2O3. The number of ether oxygens (including phenoxy) is 1. The lowest BCUT2D eigenvalue weighted by Gasteiger charge is -2.57. The topological polar surface area (TPSA) is 67.5 Å². The predicted octanol–water partition coefficient (Wildman–Crippen LogP) is 6.31. The van der Waals surface area contributed by atoms with E-state index in [2.05, 4.69) is 5.10 Å². The zero-order valence-electron chi connectivity index (χ0n) is 21.8. The van der Waals surface area contributed by atoms with Gasteiger partial charge in [-0.15, -0.1) is 0 Å². The predicted molar refractivity (Wildman–Crippen MR) is 140 cm³/mol. The molecule has 1 unspecified atom stereocenters. The van der Waals surface area contributed by atoms with Gasteiger partial charge in [-0.05, 0) is 96.9 Å². The second-order valence-corrected chi connectivity index (χ2v) is 12.4. The summed E-state index contributed by atoms with van der Waals surface area (Å²) >= 11 is 0. The lowest BCUT2D eigenvalue weighted by Crippen LogP contribution is -2.46. The van der Waals surface area contributed by atoms with Gasteiger partial charge in [-0.2, -0.15) is 18.3 Å². The van der Waals surface area contributed by atoms with E-state index >= 15 is 0 Å². The lowest BCUT2D eigenvalue weighted by atomic mass is 9.49. The quantitative estimate of drug-likeness (QED) is 0.370. The van der Waals surface area contributed by atoms with Crippen molar-refractivity contribution in [3.05, 3.63) is 59.9 Å². The average Bonchev–Trinajstić information content (AvgIpc) is 3.45. The van der Waals surface area contributed by atoms with Crippen LogP contribution in [-0.4, -0.2) is 39.4 Å². The standard InChI is InChI=1S/C31H33F3N2O3/c32-31(33,34)30(38)26-4-2-1-3-24(26)28-25(22-17-35-36(18-22)6-7-37)12-23(13-27(28)30)39-8-5-29-14-19-9-20(15-29)11-21(10-19)16-29/h1-4,12-13,17-21,37-38H,5-11,14-16H2. The summed E-state index contributed by atoms with van der Waals surface area (Å²) in [5.74, 6) is 2.77. The molecule has 3 aromatic rings. The summed E-state index contributed by atoms with van der Waals surface area (Å²) in [6.07, 6.45) is 7.06. The van der Waals surface area contributed by atoms with Gasteiger partial charge in [0.05, 0.1) is 26.0 Å². The normalized spacial score (nSPS) is 30.4. The number of aliphatic hydroxyl groups excluding tert-OH is 1. The molecule has 0 saturated heterocycles. The third-order valence-electron chi connectivity index (χ3n) is 9.84. The Kier molecular flexibility index (Phi) is 5.69. The summed E-state index contributed by atoms with van der Waals surface area (Å²) in [6.45, 7) is 0.599. The number of halogens is 3. The third-order valence-corrected chi connectivity index (χ3v) is 9.84. The van der Waals surface area contributed by atoms with E-state index < -0.39 is 11.8 Å². The number of alkyl halides is 3. The van der Waals surface area contributed by atoms with Crippen LogP contribution in [-0.2, 0) is 12.1 Å². The van der Waals surface area contributed by atoms with Gasteiger partial charge in [0, 0.05) is 22.9 Å². The van der Waals surface area contributed by atoms with Crippen molar-refractivity contribution in [1.82, 2.24) is 9.78 Å². The second-order valence-electron chi connectivity index (χ2n) is 12.4. The van der Waals surface area contributed by atoms with E-state index in [0.717, 1.165) is 24.2 Å². The molecule has 2 N–H and O–H groups in total. The van der Waals surface area contributed by atoms with E-state index in [0.29, 0.717) is 40.0 Å². The van der Waals surface area contributed by atoms with E-state index in [9.17, 15) is 23.4 Å². The van der Waals surface area contributed by atoms with Crippen molar-refractivity contribution in [1.29, 1.82) is 0 Å². The second kappa shape index (κ2) is 8.83. The van der Waals surface area contributed by atoms with E-state index in [4.69, 9.17) is 4.74 Å². The SMILES string of the molecule is OCCn1cc(-c2cc(OCCC34CC5CC(CC(C5)C3)C4)cc3c2-c2ccccc2C3(O)C(F)(F)F)cn1. The van der Waals surface area contributed by atoms with Gasteiger partial charge in [-0.1, -0.05) is 24.3 Å². The number of nitrogens with zero attached hydrogens (tertiary/aromatic N) is 2. The van der Waals surface area contributed by atoms with Gasteiger partial charge in [0.1, 0.15) is 5.75 Å². The summed E-state index contributed by atoms with van der Waals surface area (Å²) in [6, 6.07) is 9.31. The number of aliphatic hydroxyl groups is 2. The van der Waals surface area contributed by atoms with Crippen LogP contribution in [0.2, 0.25) is 0 Å². The Labute approximate surface area is 225 Å². The van der Waals surface area contributed by atoms with Crippen molar-refractivity contribution in [3.8, 4) is 28.0 Å². The van der Waals surface area contributed by atoms with E-state index in [1.165, 1.54) is 56.7 Å². The van der Waals surface area contributed by atoms with E-state index in [-0.39, 0.29) is 24.3 Å². The molecule has 8 heteroatoms. The first-order valence-corrected chi connectivity index (χ1v) is 14.0. The number of rotatable bonds is 7. The van der Waals surface area contributed by atoms with Crippen LogP contribution in [0.4, 0.5) is 13.2 Å². The molecule has 1 atom stereocenters. The molecule has 5 nitrogen and oxygen atoms in total. The van der Waals surface area contributed by atoms with Crippen molar-refractivity contribution >= 4 is 0 Å². The van der Waals surface area contributed by atoms with Gasteiger partial charge in [0.25, 0.3) is 0 Å². The molecule has 206 valence electrons. The van der Waals surface area contributed by atoms with Gasteiger partial charge < -0.3 is 14.9 Å². The largest absolute Gasteiger partial charge is 0.494 e. The van der Waals surface area contributed by atoms with Crippen LogP contribution in [0.25, 0.3) is 22.3 Å². The molecule has 0 amide bonds. The number of hydrogen-bond acceptors (Lipinski definition) is 4. The van der Waals surface area contributed by atoms with Crippen LogP contribution in [0.5, 0.6) is 5.75 Å². The smallest absolute Gasteiger partial charge is 0.425 e. The fraction of sp³-hybridized carbons (Fsp3) is 0.516. The lowest BCUT2D eigenvalue weighted by molar-refractivity contribution is -0.246. The molecule has 1 heterocycles. The molecular weight excluding hydrogens is 505 g/mol. The highest BCUT2D eigenvalue weighted by molar-refractivity contribution is 5.93. The fourth-order valence-corrected chi connectivity index (χ4v) is 8.68. The van der Waals surface area contributed by atoms with Crippen molar-refractivity contribution in [2.45, 2.75) is 63.3 Å². The Balaban J connectivity index is 1.27. The van der Waals surface area contributed by atoms with Crippen LogP contribution in [0.15, 0.2) is 48.8 Å². The maximum absolute atomic E-state index is 14.6. The first-order chi connectivity index (χ1) is 18.7. The average molecular weight is 539 g/mol.